The van der Waals surface area contributed by atoms with Crippen LogP contribution in [0.2, 0.25) is 5.02 Å². The molecule has 0 unspecified atom stereocenters. The molecule has 0 saturated carbocycles. The second-order valence-corrected chi connectivity index (χ2v) is 3.91. The Bertz CT molecular complexity index is 328. The number of rotatable bonds is 1. The molecule has 0 radical (unpaired) electrons. The Morgan fingerprint density at radius 1 is 1.31 bits per heavy atom. The molecule has 13 heavy (non-hydrogen) atoms. The van der Waals surface area contributed by atoms with Crippen LogP contribution in [-0.2, 0) is 4.43 Å². The topological polar surface area (TPSA) is 18.5 Å². The highest BCUT2D eigenvalue weighted by Crippen LogP contribution is 2.38. The summed E-state index contributed by atoms with van der Waals surface area (Å²) in [5.41, 5.74) is 1.16. The highest BCUT2D eigenvalue weighted by molar-refractivity contribution is 14.1. The van der Waals surface area contributed by atoms with E-state index in [1.54, 1.807) is 0 Å². The van der Waals surface area contributed by atoms with E-state index in [0.717, 1.165) is 15.7 Å². The van der Waals surface area contributed by atoms with Crippen LogP contribution >= 0.6 is 34.2 Å². The first kappa shape index (κ1) is 9.40. The number of hydrogen-bond donors (Lipinski definition) is 0. The fraction of sp³-hybridized carbons (Fsp3) is 0.333. The summed E-state index contributed by atoms with van der Waals surface area (Å²) < 4.78 is 11.8. The predicted octanol–water partition coefficient (Wildman–Crippen LogP) is 3.05. The lowest BCUT2D eigenvalue weighted by atomic mass is 10.2. The van der Waals surface area contributed by atoms with Gasteiger partial charge < -0.3 is 9.47 Å². The SMILES string of the molecule is Clc1cc(CI)cc2c1OCCO2. The lowest BCUT2D eigenvalue weighted by Gasteiger charge is -2.19. The molecule has 1 aromatic rings. The van der Waals surface area contributed by atoms with Crippen LogP contribution in [0.3, 0.4) is 0 Å². The summed E-state index contributed by atoms with van der Waals surface area (Å²) in [7, 11) is 0. The smallest absolute Gasteiger partial charge is 0.179 e. The van der Waals surface area contributed by atoms with Crippen molar-refractivity contribution in [2.45, 2.75) is 4.43 Å². The molecule has 1 heterocycles. The lowest BCUT2D eigenvalue weighted by Crippen LogP contribution is -2.15. The van der Waals surface area contributed by atoms with Gasteiger partial charge in [0.15, 0.2) is 11.5 Å². The van der Waals surface area contributed by atoms with E-state index in [0.29, 0.717) is 24.0 Å². The van der Waals surface area contributed by atoms with Crippen molar-refractivity contribution in [1.29, 1.82) is 0 Å². The van der Waals surface area contributed by atoms with E-state index in [1.165, 1.54) is 0 Å². The van der Waals surface area contributed by atoms with Crippen LogP contribution in [-0.4, -0.2) is 13.2 Å². The largest absolute Gasteiger partial charge is 0.486 e. The fourth-order valence-electron chi connectivity index (χ4n) is 1.24. The minimum Gasteiger partial charge on any atom is -0.486 e. The maximum absolute atomic E-state index is 6.02. The first-order valence-corrected chi connectivity index (χ1v) is 5.85. The minimum absolute atomic E-state index is 0.580. The Labute approximate surface area is 95.3 Å². The first-order valence-electron chi connectivity index (χ1n) is 3.95. The van der Waals surface area contributed by atoms with E-state index in [4.69, 9.17) is 21.1 Å². The maximum atomic E-state index is 6.02. The Morgan fingerprint density at radius 2 is 2.08 bits per heavy atom. The van der Waals surface area contributed by atoms with E-state index < -0.39 is 0 Å². The van der Waals surface area contributed by atoms with Crippen molar-refractivity contribution in [3.8, 4) is 11.5 Å². The molecule has 1 aliphatic rings. The average Bonchev–Trinajstić information content (AvgIpc) is 2.18. The zero-order valence-corrected chi connectivity index (χ0v) is 9.76. The Morgan fingerprint density at radius 3 is 2.85 bits per heavy atom. The van der Waals surface area contributed by atoms with Crippen molar-refractivity contribution in [2.24, 2.45) is 0 Å². The summed E-state index contributed by atoms with van der Waals surface area (Å²) in [5, 5.41) is 0.642. The zero-order valence-electron chi connectivity index (χ0n) is 6.85. The quantitative estimate of drug-likeness (QED) is 0.586. The summed E-state index contributed by atoms with van der Waals surface area (Å²) in [4.78, 5) is 0. The summed E-state index contributed by atoms with van der Waals surface area (Å²) >= 11 is 8.31. The normalized spacial score (nSPS) is 14.3. The van der Waals surface area contributed by atoms with Gasteiger partial charge in [-0.15, -0.1) is 0 Å². The van der Waals surface area contributed by atoms with Gasteiger partial charge in [-0.3, -0.25) is 0 Å². The molecule has 0 amide bonds. The molecule has 2 nitrogen and oxygen atoms in total. The molecule has 4 heteroatoms. The molecule has 1 aliphatic heterocycles. The molecular weight excluding hydrogens is 302 g/mol. The third-order valence-electron chi connectivity index (χ3n) is 1.81. The maximum Gasteiger partial charge on any atom is 0.179 e. The van der Waals surface area contributed by atoms with Gasteiger partial charge in [-0.05, 0) is 17.7 Å². The van der Waals surface area contributed by atoms with Gasteiger partial charge in [0.25, 0.3) is 0 Å². The third kappa shape index (κ3) is 1.86. The first-order chi connectivity index (χ1) is 6.31. The fourth-order valence-corrected chi connectivity index (χ4v) is 1.97. The van der Waals surface area contributed by atoms with E-state index >= 15 is 0 Å². The second kappa shape index (κ2) is 3.92. The van der Waals surface area contributed by atoms with Gasteiger partial charge in [0.05, 0.1) is 5.02 Å². The van der Waals surface area contributed by atoms with Gasteiger partial charge in [0.2, 0.25) is 0 Å². The summed E-state index contributed by atoms with van der Waals surface area (Å²) in [6, 6.07) is 3.90. The lowest BCUT2D eigenvalue weighted by molar-refractivity contribution is 0.171. The van der Waals surface area contributed by atoms with Crippen LogP contribution in [0.25, 0.3) is 0 Å². The third-order valence-corrected chi connectivity index (χ3v) is 2.97. The number of alkyl halides is 1. The van der Waals surface area contributed by atoms with Crippen LogP contribution in [0.4, 0.5) is 0 Å². The van der Waals surface area contributed by atoms with E-state index in [-0.39, 0.29) is 0 Å². The number of fused-ring (bicyclic) bond motifs is 1. The standard InChI is InChI=1S/C9H8ClIO2/c10-7-3-6(5-11)4-8-9(7)13-2-1-12-8/h3-4H,1-2,5H2. The Hall–Kier alpha value is -0.160. The Kier molecular flexibility index (Phi) is 2.83. The van der Waals surface area contributed by atoms with Gasteiger partial charge in [-0.2, -0.15) is 0 Å². The van der Waals surface area contributed by atoms with Crippen molar-refractivity contribution in [1.82, 2.24) is 0 Å². The van der Waals surface area contributed by atoms with E-state index in [1.807, 2.05) is 12.1 Å². The molecule has 0 atom stereocenters. The highest BCUT2D eigenvalue weighted by Gasteiger charge is 2.15. The molecule has 1 aromatic carbocycles. The Balaban J connectivity index is 2.47. The van der Waals surface area contributed by atoms with E-state index in [9.17, 15) is 0 Å². The second-order valence-electron chi connectivity index (χ2n) is 2.74. The average molecular weight is 311 g/mol. The van der Waals surface area contributed by atoms with Gasteiger partial charge in [-0.25, -0.2) is 0 Å². The van der Waals surface area contributed by atoms with Crippen LogP contribution in [0.15, 0.2) is 12.1 Å². The summed E-state index contributed by atoms with van der Waals surface area (Å²) in [6.07, 6.45) is 0. The van der Waals surface area contributed by atoms with Crippen LogP contribution < -0.4 is 9.47 Å². The van der Waals surface area contributed by atoms with E-state index in [2.05, 4.69) is 22.6 Å². The minimum atomic E-state index is 0.580. The highest BCUT2D eigenvalue weighted by atomic mass is 127. The molecule has 0 saturated heterocycles. The van der Waals surface area contributed by atoms with Gasteiger partial charge >= 0.3 is 0 Å². The van der Waals surface area contributed by atoms with Gasteiger partial charge in [0.1, 0.15) is 13.2 Å². The molecule has 0 spiro atoms. The molecule has 0 N–H and O–H groups in total. The summed E-state index contributed by atoms with van der Waals surface area (Å²) in [6.45, 7) is 1.18. The van der Waals surface area contributed by atoms with Crippen molar-refractivity contribution in [3.63, 3.8) is 0 Å². The van der Waals surface area contributed by atoms with Gasteiger partial charge in [0, 0.05) is 4.43 Å². The zero-order chi connectivity index (χ0) is 9.26. The molecule has 0 aliphatic carbocycles. The molecule has 2 rings (SSSR count). The number of halogens is 2. The monoisotopic (exact) mass is 310 g/mol. The number of hydrogen-bond acceptors (Lipinski definition) is 2. The molecule has 0 bridgehead atoms. The molecular formula is C9H8ClIO2. The van der Waals surface area contributed by atoms with Gasteiger partial charge in [-0.1, -0.05) is 34.2 Å². The van der Waals surface area contributed by atoms with Crippen molar-refractivity contribution < 1.29 is 9.47 Å². The summed E-state index contributed by atoms with van der Waals surface area (Å²) in [5.74, 6) is 1.45. The number of ether oxygens (including phenoxy) is 2. The van der Waals surface area contributed by atoms with Crippen molar-refractivity contribution in [3.05, 3.63) is 22.7 Å². The predicted molar refractivity (Wildman–Crippen MR) is 60.2 cm³/mol. The van der Waals surface area contributed by atoms with Crippen molar-refractivity contribution in [2.75, 3.05) is 13.2 Å². The molecule has 0 fully saturated rings. The molecule has 0 aromatic heterocycles. The van der Waals surface area contributed by atoms with Crippen LogP contribution in [0.5, 0.6) is 11.5 Å². The van der Waals surface area contributed by atoms with Crippen LogP contribution in [0, 0.1) is 0 Å². The molecule has 70 valence electrons. The number of benzene rings is 1. The van der Waals surface area contributed by atoms with Crippen LogP contribution in [0.1, 0.15) is 5.56 Å². The van der Waals surface area contributed by atoms with Crippen molar-refractivity contribution >= 4 is 34.2 Å².